The van der Waals surface area contributed by atoms with Gasteiger partial charge in [0, 0.05) is 5.69 Å². The summed E-state index contributed by atoms with van der Waals surface area (Å²) >= 11 is 12.0. The first-order valence-electron chi connectivity index (χ1n) is 3.91. The lowest BCUT2D eigenvalue weighted by molar-refractivity contribution is 0.366. The zero-order chi connectivity index (χ0) is 9.90. The van der Waals surface area contributed by atoms with Gasteiger partial charge in [0.1, 0.15) is 0 Å². The first-order chi connectivity index (χ1) is 6.02. The van der Waals surface area contributed by atoms with Crippen LogP contribution in [0.25, 0.3) is 0 Å². The number of para-hydroxylation sites is 1. The van der Waals surface area contributed by atoms with Gasteiger partial charge in [-0.25, -0.2) is 0 Å². The molecule has 0 aliphatic carbocycles. The molecule has 72 valence electrons. The molecule has 1 aromatic carbocycles. The highest BCUT2D eigenvalue weighted by molar-refractivity contribution is 6.49. The normalized spacial score (nSPS) is 11.8. The minimum atomic E-state index is -1.07. The van der Waals surface area contributed by atoms with Crippen molar-refractivity contribution in [2.75, 3.05) is 19.4 Å². The van der Waals surface area contributed by atoms with Gasteiger partial charge in [0.2, 0.25) is 4.58 Å². The molecule has 0 saturated carbocycles. The summed E-state index contributed by atoms with van der Waals surface area (Å²) in [5.74, 6) is 0. The maximum Gasteiger partial charge on any atom is 0.247 e. The Morgan fingerprint density at radius 2 is 1.69 bits per heavy atom. The Morgan fingerprint density at radius 3 is 2.15 bits per heavy atom. The third kappa shape index (κ3) is 3.07. The van der Waals surface area contributed by atoms with E-state index in [0.29, 0.717) is 0 Å². The third-order valence-electron chi connectivity index (χ3n) is 1.63. The summed E-state index contributed by atoms with van der Waals surface area (Å²) in [5, 5.41) is 2.97. The van der Waals surface area contributed by atoms with Crippen LogP contribution >= 0.6 is 23.2 Å². The molecule has 0 heterocycles. The van der Waals surface area contributed by atoms with Gasteiger partial charge in [0.05, 0.1) is 0 Å². The highest BCUT2D eigenvalue weighted by Gasteiger charge is 2.25. The van der Waals surface area contributed by atoms with E-state index < -0.39 is 4.58 Å². The lowest BCUT2D eigenvalue weighted by Gasteiger charge is -2.28. The molecule has 0 radical (unpaired) electrons. The Labute approximate surface area is 88.4 Å². The molecular weight excluding hydrogens is 207 g/mol. The quantitative estimate of drug-likeness (QED) is 0.477. The lowest BCUT2D eigenvalue weighted by atomic mass is 10.3. The van der Waals surface area contributed by atoms with Crippen LogP contribution in [0.5, 0.6) is 0 Å². The summed E-state index contributed by atoms with van der Waals surface area (Å²) in [6.45, 7) is 0. The van der Waals surface area contributed by atoms with E-state index in [0.717, 1.165) is 5.69 Å². The zero-order valence-corrected chi connectivity index (χ0v) is 9.10. The highest BCUT2D eigenvalue weighted by atomic mass is 35.5. The second-order valence-electron chi connectivity index (χ2n) is 2.93. The molecule has 0 fully saturated rings. The van der Waals surface area contributed by atoms with E-state index in [1.807, 2.05) is 30.3 Å². The Hall–Kier alpha value is -0.440. The molecule has 1 aromatic rings. The minimum Gasteiger partial charge on any atom is -0.342 e. The van der Waals surface area contributed by atoms with Crippen molar-refractivity contribution in [1.29, 1.82) is 0 Å². The molecule has 0 amide bonds. The second-order valence-corrected chi connectivity index (χ2v) is 4.21. The van der Waals surface area contributed by atoms with E-state index in [-0.39, 0.29) is 0 Å². The van der Waals surface area contributed by atoms with E-state index in [2.05, 4.69) is 5.32 Å². The molecule has 0 atom stereocenters. The van der Waals surface area contributed by atoms with Gasteiger partial charge in [-0.05, 0) is 26.2 Å². The molecule has 1 N–H and O–H groups in total. The van der Waals surface area contributed by atoms with Gasteiger partial charge < -0.3 is 5.32 Å². The van der Waals surface area contributed by atoms with E-state index in [1.165, 1.54) is 0 Å². The zero-order valence-electron chi connectivity index (χ0n) is 7.59. The first kappa shape index (κ1) is 10.6. The molecule has 0 aromatic heterocycles. The molecule has 0 bridgehead atoms. The number of nitrogens with one attached hydrogen (secondary N) is 1. The maximum atomic E-state index is 5.99. The maximum absolute atomic E-state index is 5.99. The number of nitrogens with zero attached hydrogens (tertiary/aromatic N) is 1. The largest absolute Gasteiger partial charge is 0.342 e. The SMILES string of the molecule is CN(C)C(Cl)(Cl)Nc1ccccc1. The molecule has 2 nitrogen and oxygen atoms in total. The summed E-state index contributed by atoms with van der Waals surface area (Å²) < 4.78 is -1.07. The first-order valence-corrected chi connectivity index (χ1v) is 4.66. The number of rotatable bonds is 3. The van der Waals surface area contributed by atoms with E-state index in [4.69, 9.17) is 23.2 Å². The van der Waals surface area contributed by atoms with Gasteiger partial charge in [-0.2, -0.15) is 0 Å². The third-order valence-corrected chi connectivity index (χ3v) is 2.50. The molecule has 4 heteroatoms. The van der Waals surface area contributed by atoms with Crippen LogP contribution in [-0.4, -0.2) is 23.6 Å². The Kier molecular flexibility index (Phi) is 3.42. The van der Waals surface area contributed by atoms with Crippen LogP contribution in [0.3, 0.4) is 0 Å². The molecule has 0 saturated heterocycles. The second kappa shape index (κ2) is 4.18. The fourth-order valence-electron chi connectivity index (χ4n) is 0.807. The predicted octanol–water partition coefficient (Wildman–Crippen LogP) is 2.75. The number of hydrogen-bond acceptors (Lipinski definition) is 2. The standard InChI is InChI=1S/C9H12Cl2N2/c1-13(2)9(10,11)12-8-6-4-3-5-7-8/h3-7,12H,1-2H3. The van der Waals surface area contributed by atoms with Crippen molar-refractivity contribution in [2.45, 2.75) is 4.58 Å². The summed E-state index contributed by atoms with van der Waals surface area (Å²) in [6, 6.07) is 9.58. The van der Waals surface area contributed by atoms with Crippen LogP contribution in [0, 0.1) is 0 Å². The molecule has 0 unspecified atom stereocenters. The van der Waals surface area contributed by atoms with E-state index >= 15 is 0 Å². The minimum absolute atomic E-state index is 0.890. The molecule has 0 spiro atoms. The fraction of sp³-hybridized carbons (Fsp3) is 0.333. The predicted molar refractivity (Wildman–Crippen MR) is 58.2 cm³/mol. The van der Waals surface area contributed by atoms with Crippen molar-refractivity contribution in [1.82, 2.24) is 4.90 Å². The molecule has 0 aliphatic heterocycles. The van der Waals surface area contributed by atoms with Crippen molar-refractivity contribution in [3.8, 4) is 0 Å². The molecule has 13 heavy (non-hydrogen) atoms. The Morgan fingerprint density at radius 1 is 1.15 bits per heavy atom. The fourth-order valence-corrected chi connectivity index (χ4v) is 1.03. The number of benzene rings is 1. The van der Waals surface area contributed by atoms with Gasteiger partial charge in [0.25, 0.3) is 0 Å². The van der Waals surface area contributed by atoms with Crippen LogP contribution in [0.2, 0.25) is 0 Å². The molecule has 0 aliphatic rings. The lowest BCUT2D eigenvalue weighted by Crippen LogP contribution is -2.40. The van der Waals surface area contributed by atoms with E-state index in [1.54, 1.807) is 19.0 Å². The van der Waals surface area contributed by atoms with Gasteiger partial charge >= 0.3 is 0 Å². The van der Waals surface area contributed by atoms with Crippen molar-refractivity contribution >= 4 is 28.9 Å². The number of halogens is 2. The number of hydrogen-bond donors (Lipinski definition) is 1. The Balaban J connectivity index is 2.69. The van der Waals surface area contributed by atoms with Crippen LogP contribution in [0.15, 0.2) is 30.3 Å². The summed E-state index contributed by atoms with van der Waals surface area (Å²) in [5.41, 5.74) is 0.890. The van der Waals surface area contributed by atoms with Gasteiger partial charge in [-0.1, -0.05) is 41.4 Å². The van der Waals surface area contributed by atoms with Crippen LogP contribution < -0.4 is 5.32 Å². The monoisotopic (exact) mass is 218 g/mol. The molecular formula is C9H12Cl2N2. The summed E-state index contributed by atoms with van der Waals surface area (Å²) in [4.78, 5) is 1.68. The number of anilines is 1. The van der Waals surface area contributed by atoms with Gasteiger partial charge in [0.15, 0.2) is 0 Å². The highest BCUT2D eigenvalue weighted by Crippen LogP contribution is 2.25. The summed E-state index contributed by atoms with van der Waals surface area (Å²) in [6.07, 6.45) is 0. The topological polar surface area (TPSA) is 15.3 Å². The Bertz CT molecular complexity index is 260. The van der Waals surface area contributed by atoms with Crippen molar-refractivity contribution in [3.63, 3.8) is 0 Å². The molecule has 1 rings (SSSR count). The van der Waals surface area contributed by atoms with Crippen LogP contribution in [0.4, 0.5) is 5.69 Å². The van der Waals surface area contributed by atoms with Crippen molar-refractivity contribution in [2.24, 2.45) is 0 Å². The van der Waals surface area contributed by atoms with E-state index in [9.17, 15) is 0 Å². The summed E-state index contributed by atoms with van der Waals surface area (Å²) in [7, 11) is 3.60. The van der Waals surface area contributed by atoms with Crippen molar-refractivity contribution in [3.05, 3.63) is 30.3 Å². The van der Waals surface area contributed by atoms with Crippen LogP contribution in [-0.2, 0) is 0 Å². The van der Waals surface area contributed by atoms with Crippen LogP contribution in [0.1, 0.15) is 0 Å². The number of alkyl halides is 2. The average molecular weight is 219 g/mol. The average Bonchev–Trinajstić information content (AvgIpc) is 2.05. The van der Waals surface area contributed by atoms with Crippen molar-refractivity contribution < 1.29 is 0 Å². The smallest absolute Gasteiger partial charge is 0.247 e. The van der Waals surface area contributed by atoms with Gasteiger partial charge in [-0.15, -0.1) is 0 Å². The van der Waals surface area contributed by atoms with Gasteiger partial charge in [-0.3, -0.25) is 4.90 Å².